The molecule has 0 amide bonds. The number of esters is 1. The van der Waals surface area contributed by atoms with Crippen LogP contribution < -0.4 is 4.74 Å². The Morgan fingerprint density at radius 1 is 1.05 bits per heavy atom. The predicted molar refractivity (Wildman–Crippen MR) is 146 cm³/mol. The van der Waals surface area contributed by atoms with Crippen molar-refractivity contribution in [3.8, 4) is 5.75 Å². The molecule has 6 rings (SSSR count). The molecule has 198 valence electrons. The molecule has 4 aliphatic carbocycles. The lowest BCUT2D eigenvalue weighted by atomic mass is 9.48. The maximum absolute atomic E-state index is 11.7. The third kappa shape index (κ3) is 5.78. The summed E-state index contributed by atoms with van der Waals surface area (Å²) in [6, 6.07) is 11.1. The Morgan fingerprint density at radius 3 is 2.41 bits per heavy atom. The average molecular weight is 505 g/mol. The molecular weight excluding hydrogens is 464 g/mol. The number of carbonyl (C=O) groups is 1. The molecule has 4 aliphatic rings. The SMILES string of the molecule is CCOC(=O)C=C(C)C=Cc1ccc2cc(OCOC(C)OC)c(C34CC5CC(CC(C5)C3)C4)cc2c1. The summed E-state index contributed by atoms with van der Waals surface area (Å²) in [6.07, 6.45) is 13.3. The second kappa shape index (κ2) is 11.0. The van der Waals surface area contributed by atoms with Crippen molar-refractivity contribution < 1.29 is 23.7 Å². The molecule has 0 radical (unpaired) electrons. The van der Waals surface area contributed by atoms with Crippen molar-refractivity contribution in [2.24, 2.45) is 17.8 Å². The van der Waals surface area contributed by atoms with E-state index in [1.807, 2.05) is 26.8 Å². The topological polar surface area (TPSA) is 54.0 Å². The van der Waals surface area contributed by atoms with Crippen LogP contribution in [0.2, 0.25) is 0 Å². The molecule has 4 bridgehead atoms. The Kier molecular flexibility index (Phi) is 7.73. The quantitative estimate of drug-likeness (QED) is 0.149. The molecule has 4 saturated carbocycles. The van der Waals surface area contributed by atoms with Crippen LogP contribution in [0.1, 0.15) is 70.4 Å². The Balaban J connectivity index is 1.47. The van der Waals surface area contributed by atoms with Gasteiger partial charge in [0.05, 0.1) is 6.61 Å². The number of fused-ring (bicyclic) bond motifs is 1. The molecule has 0 spiro atoms. The van der Waals surface area contributed by atoms with E-state index in [9.17, 15) is 4.79 Å². The fourth-order valence-corrected chi connectivity index (χ4v) is 7.28. The Bertz CT molecular complexity index is 1160. The van der Waals surface area contributed by atoms with E-state index < -0.39 is 0 Å². The molecule has 1 atom stereocenters. The monoisotopic (exact) mass is 504 g/mol. The molecule has 5 heteroatoms. The largest absolute Gasteiger partial charge is 0.467 e. The van der Waals surface area contributed by atoms with Crippen molar-refractivity contribution in [1.82, 2.24) is 0 Å². The summed E-state index contributed by atoms with van der Waals surface area (Å²) in [5, 5.41) is 2.37. The number of hydrogen-bond acceptors (Lipinski definition) is 5. The van der Waals surface area contributed by atoms with Gasteiger partial charge in [-0.1, -0.05) is 24.3 Å². The van der Waals surface area contributed by atoms with E-state index in [4.69, 9.17) is 18.9 Å². The van der Waals surface area contributed by atoms with Crippen LogP contribution in [0.4, 0.5) is 0 Å². The summed E-state index contributed by atoms with van der Waals surface area (Å²) < 4.78 is 22.3. The number of allylic oxidation sites excluding steroid dienone is 2. The van der Waals surface area contributed by atoms with Crippen LogP contribution in [-0.4, -0.2) is 32.8 Å². The van der Waals surface area contributed by atoms with E-state index in [2.05, 4.69) is 36.4 Å². The highest BCUT2D eigenvalue weighted by Crippen LogP contribution is 2.62. The van der Waals surface area contributed by atoms with Crippen molar-refractivity contribution in [3.63, 3.8) is 0 Å². The van der Waals surface area contributed by atoms with E-state index in [0.29, 0.717) is 6.61 Å². The first-order valence-electron chi connectivity index (χ1n) is 13.8. The van der Waals surface area contributed by atoms with E-state index in [1.54, 1.807) is 7.11 Å². The first-order valence-corrected chi connectivity index (χ1v) is 13.8. The van der Waals surface area contributed by atoms with Crippen molar-refractivity contribution >= 4 is 22.8 Å². The van der Waals surface area contributed by atoms with Crippen molar-refractivity contribution in [3.05, 3.63) is 59.2 Å². The smallest absolute Gasteiger partial charge is 0.330 e. The van der Waals surface area contributed by atoms with E-state index >= 15 is 0 Å². The maximum Gasteiger partial charge on any atom is 0.330 e. The number of methoxy groups -OCH3 is 1. The zero-order valence-electron chi connectivity index (χ0n) is 22.6. The highest BCUT2D eigenvalue weighted by Gasteiger charge is 2.52. The Hall–Kier alpha value is -2.63. The molecule has 1 unspecified atom stereocenters. The Labute approximate surface area is 220 Å². The molecular formula is C32H40O5. The van der Waals surface area contributed by atoms with Gasteiger partial charge in [-0.15, -0.1) is 0 Å². The van der Waals surface area contributed by atoms with Crippen molar-refractivity contribution in [1.29, 1.82) is 0 Å². The van der Waals surface area contributed by atoms with Crippen molar-refractivity contribution in [2.45, 2.75) is 71.0 Å². The third-order valence-corrected chi connectivity index (χ3v) is 8.59. The van der Waals surface area contributed by atoms with Gasteiger partial charge in [0.25, 0.3) is 0 Å². The van der Waals surface area contributed by atoms with E-state index in [1.165, 1.54) is 55.6 Å². The molecule has 0 heterocycles. The van der Waals surface area contributed by atoms with Crippen LogP contribution in [0.5, 0.6) is 5.75 Å². The normalized spacial score (nSPS) is 27.7. The zero-order valence-corrected chi connectivity index (χ0v) is 22.6. The molecule has 2 aromatic rings. The van der Waals surface area contributed by atoms with Crippen LogP contribution in [0.3, 0.4) is 0 Å². The summed E-state index contributed by atoms with van der Waals surface area (Å²) in [5.41, 5.74) is 3.52. The van der Waals surface area contributed by atoms with Crippen LogP contribution >= 0.6 is 0 Å². The van der Waals surface area contributed by atoms with E-state index in [-0.39, 0.29) is 24.5 Å². The molecule has 0 aliphatic heterocycles. The van der Waals surface area contributed by atoms with Gasteiger partial charge < -0.3 is 18.9 Å². The molecule has 2 aromatic carbocycles. The lowest BCUT2D eigenvalue weighted by Crippen LogP contribution is -2.48. The highest BCUT2D eigenvalue weighted by atomic mass is 16.7. The standard InChI is InChI=1S/C32H40O5/c1-5-35-31(33)10-21(2)6-7-23-8-9-27-16-30(37-20-36-22(3)34-4)29(15-28(27)14-23)32-17-24-11-25(18-32)13-26(12-24)19-32/h6-10,14-16,22,24-26H,5,11-13,17-20H2,1-4H3. The molecule has 0 saturated heterocycles. The highest BCUT2D eigenvalue weighted by molar-refractivity contribution is 5.88. The van der Waals surface area contributed by atoms with Crippen LogP contribution in [-0.2, 0) is 24.4 Å². The maximum atomic E-state index is 11.7. The van der Waals surface area contributed by atoms with E-state index in [0.717, 1.165) is 40.0 Å². The van der Waals surface area contributed by atoms with Crippen LogP contribution in [0.25, 0.3) is 16.8 Å². The minimum Gasteiger partial charge on any atom is -0.467 e. The molecule has 4 fully saturated rings. The number of ether oxygens (including phenoxy) is 4. The molecule has 5 nitrogen and oxygen atoms in total. The van der Waals surface area contributed by atoms with Gasteiger partial charge in [-0.25, -0.2) is 4.79 Å². The van der Waals surface area contributed by atoms with Gasteiger partial charge in [0.1, 0.15) is 5.75 Å². The number of carbonyl (C=O) groups excluding carboxylic acids is 1. The second-order valence-electron chi connectivity index (χ2n) is 11.4. The molecule has 0 N–H and O–H groups in total. The Morgan fingerprint density at radius 2 is 1.76 bits per heavy atom. The van der Waals surface area contributed by atoms with Gasteiger partial charge in [-0.2, -0.15) is 0 Å². The average Bonchev–Trinajstić information content (AvgIpc) is 2.86. The first-order chi connectivity index (χ1) is 17.9. The van der Waals surface area contributed by atoms with Gasteiger partial charge in [0, 0.05) is 18.7 Å². The summed E-state index contributed by atoms with van der Waals surface area (Å²) in [6.45, 7) is 6.16. The predicted octanol–water partition coefficient (Wildman–Crippen LogP) is 7.18. The van der Waals surface area contributed by atoms with Crippen LogP contribution in [0.15, 0.2) is 48.1 Å². The van der Waals surface area contributed by atoms with Crippen molar-refractivity contribution in [2.75, 3.05) is 20.5 Å². The number of rotatable bonds is 10. The van der Waals surface area contributed by atoms with Gasteiger partial charge >= 0.3 is 5.97 Å². The third-order valence-electron chi connectivity index (χ3n) is 8.59. The summed E-state index contributed by atoms with van der Waals surface area (Å²) in [5.74, 6) is 3.20. The summed E-state index contributed by atoms with van der Waals surface area (Å²) in [4.78, 5) is 11.7. The van der Waals surface area contributed by atoms with Gasteiger partial charge in [-0.3, -0.25) is 0 Å². The summed E-state index contributed by atoms with van der Waals surface area (Å²) >= 11 is 0. The van der Waals surface area contributed by atoms with Crippen LogP contribution in [0, 0.1) is 17.8 Å². The fourth-order valence-electron chi connectivity index (χ4n) is 7.28. The molecule has 0 aromatic heterocycles. The minimum absolute atomic E-state index is 0.173. The zero-order chi connectivity index (χ0) is 26.0. The first kappa shape index (κ1) is 26.0. The minimum atomic E-state index is -0.306. The van der Waals surface area contributed by atoms with Gasteiger partial charge in [0.15, 0.2) is 13.1 Å². The summed E-state index contributed by atoms with van der Waals surface area (Å²) in [7, 11) is 1.64. The fraction of sp³-hybridized carbons (Fsp3) is 0.531. The molecule has 37 heavy (non-hydrogen) atoms. The lowest BCUT2D eigenvalue weighted by Gasteiger charge is -2.57. The number of hydrogen-bond donors (Lipinski definition) is 0. The second-order valence-corrected chi connectivity index (χ2v) is 11.4. The van der Waals surface area contributed by atoms with Gasteiger partial charge in [0.2, 0.25) is 0 Å². The lowest BCUT2D eigenvalue weighted by molar-refractivity contribution is -0.150. The number of benzene rings is 2. The van der Waals surface area contributed by atoms with Gasteiger partial charge in [-0.05, 0) is 123 Å².